The van der Waals surface area contributed by atoms with Crippen molar-refractivity contribution in [2.24, 2.45) is 0 Å². The van der Waals surface area contributed by atoms with E-state index in [9.17, 15) is 4.79 Å². The van der Waals surface area contributed by atoms with Gasteiger partial charge in [0.15, 0.2) is 0 Å². The summed E-state index contributed by atoms with van der Waals surface area (Å²) in [5.41, 5.74) is 6.00. The quantitative estimate of drug-likeness (QED) is 0.0701. The van der Waals surface area contributed by atoms with Crippen molar-refractivity contribution in [2.75, 3.05) is 31.6 Å². The van der Waals surface area contributed by atoms with Gasteiger partial charge in [-0.25, -0.2) is 9.78 Å². The summed E-state index contributed by atoms with van der Waals surface area (Å²) in [7, 11) is 0.589. The molecule has 0 N–H and O–H groups in total. The SMILES string of the molecule is CN(C(=O)OC(C)(C)C)[C@H]1CCCN(c2ccnc3c2c(-c2cnn(C(c4ccccc4)(c4ccccc4)c4ccccc4)c2)cn3COCC[Si](C)(C)C)C1. The maximum Gasteiger partial charge on any atom is 0.410 e. The van der Waals surface area contributed by atoms with E-state index in [1.807, 2.05) is 40.2 Å². The van der Waals surface area contributed by atoms with Crippen molar-refractivity contribution in [3.63, 3.8) is 0 Å². The number of ether oxygens (including phenoxy) is 2. The van der Waals surface area contributed by atoms with Gasteiger partial charge in [0.25, 0.3) is 0 Å². The largest absolute Gasteiger partial charge is 0.444 e. The molecule has 0 aliphatic carbocycles. The molecule has 4 heterocycles. The number of likely N-dealkylation sites (N-methyl/N-ethyl adjacent to an activating group) is 1. The van der Waals surface area contributed by atoms with Crippen LogP contribution in [-0.2, 0) is 21.7 Å². The Balaban J connectivity index is 1.35. The number of rotatable bonds is 12. The fraction of sp³-hybridized carbons (Fsp3) is 0.370. The molecule has 292 valence electrons. The van der Waals surface area contributed by atoms with Crippen molar-refractivity contribution in [3.05, 3.63) is 139 Å². The molecule has 0 unspecified atom stereocenters. The van der Waals surface area contributed by atoms with Gasteiger partial charge in [-0.1, -0.05) is 111 Å². The van der Waals surface area contributed by atoms with Crippen LogP contribution in [0.5, 0.6) is 0 Å². The molecule has 56 heavy (non-hydrogen) atoms. The van der Waals surface area contributed by atoms with Crippen LogP contribution in [0.4, 0.5) is 10.5 Å². The highest BCUT2D eigenvalue weighted by Gasteiger charge is 2.40. The van der Waals surface area contributed by atoms with Crippen LogP contribution in [0, 0.1) is 0 Å². The van der Waals surface area contributed by atoms with Crippen molar-refractivity contribution < 1.29 is 14.3 Å². The van der Waals surface area contributed by atoms with E-state index in [0.717, 1.165) is 70.0 Å². The molecule has 1 fully saturated rings. The van der Waals surface area contributed by atoms with Gasteiger partial charge >= 0.3 is 6.09 Å². The third kappa shape index (κ3) is 8.18. The van der Waals surface area contributed by atoms with Crippen LogP contribution in [0.15, 0.2) is 122 Å². The Hall–Kier alpha value is -5.19. The predicted octanol–water partition coefficient (Wildman–Crippen LogP) is 9.89. The van der Waals surface area contributed by atoms with Crippen LogP contribution in [0.3, 0.4) is 0 Å². The van der Waals surface area contributed by atoms with Crippen LogP contribution < -0.4 is 4.90 Å². The maximum absolute atomic E-state index is 13.2. The van der Waals surface area contributed by atoms with E-state index in [2.05, 4.69) is 143 Å². The summed E-state index contributed by atoms with van der Waals surface area (Å²) in [5.74, 6) is 0. The molecule has 9 nitrogen and oxygen atoms in total. The van der Waals surface area contributed by atoms with Gasteiger partial charge in [-0.15, -0.1) is 0 Å². The summed E-state index contributed by atoms with van der Waals surface area (Å²) in [6.45, 7) is 15.5. The first kappa shape index (κ1) is 39.1. The smallest absolute Gasteiger partial charge is 0.410 e. The van der Waals surface area contributed by atoms with E-state index in [1.54, 1.807) is 4.90 Å². The van der Waals surface area contributed by atoms with Crippen molar-refractivity contribution in [1.29, 1.82) is 0 Å². The second kappa shape index (κ2) is 16.1. The average Bonchev–Trinajstić information content (AvgIpc) is 3.83. The van der Waals surface area contributed by atoms with E-state index < -0.39 is 19.2 Å². The van der Waals surface area contributed by atoms with Crippen LogP contribution in [0.2, 0.25) is 25.7 Å². The van der Waals surface area contributed by atoms with Gasteiger partial charge in [-0.3, -0.25) is 4.68 Å². The topological polar surface area (TPSA) is 77.7 Å². The number of hydrogen-bond acceptors (Lipinski definition) is 6. The number of nitrogens with zero attached hydrogens (tertiary/aromatic N) is 6. The van der Waals surface area contributed by atoms with E-state index in [1.165, 1.54) is 0 Å². The number of hydrogen-bond donors (Lipinski definition) is 0. The molecule has 0 radical (unpaired) electrons. The molecule has 7 rings (SSSR count). The number of piperidine rings is 1. The minimum Gasteiger partial charge on any atom is -0.444 e. The second-order valence-electron chi connectivity index (χ2n) is 17.2. The third-order valence-corrected chi connectivity index (χ3v) is 12.4. The van der Waals surface area contributed by atoms with E-state index in [0.29, 0.717) is 19.9 Å². The lowest BCUT2D eigenvalue weighted by Gasteiger charge is -2.39. The zero-order valence-electron chi connectivity index (χ0n) is 34.0. The van der Waals surface area contributed by atoms with Gasteiger partial charge in [-0.05, 0) is 62.4 Å². The Morgan fingerprint density at radius 1 is 0.875 bits per heavy atom. The molecular weight excluding hydrogens is 713 g/mol. The molecule has 10 heteroatoms. The van der Waals surface area contributed by atoms with Gasteiger partial charge in [0.05, 0.1) is 23.3 Å². The number of carbonyl (C=O) groups excluding carboxylic acids is 1. The first-order chi connectivity index (χ1) is 26.8. The summed E-state index contributed by atoms with van der Waals surface area (Å²) in [4.78, 5) is 22.4. The van der Waals surface area contributed by atoms with Crippen LogP contribution in [0.25, 0.3) is 22.2 Å². The summed E-state index contributed by atoms with van der Waals surface area (Å²) in [5, 5.41) is 6.27. The fourth-order valence-corrected chi connectivity index (χ4v) is 8.63. The number of aromatic nitrogens is 4. The normalized spacial score (nSPS) is 15.3. The Kier molecular flexibility index (Phi) is 11.2. The highest BCUT2D eigenvalue weighted by molar-refractivity contribution is 6.76. The molecule has 3 aromatic carbocycles. The van der Waals surface area contributed by atoms with Gasteiger partial charge < -0.3 is 23.8 Å². The first-order valence-electron chi connectivity index (χ1n) is 19.8. The Morgan fingerprint density at radius 2 is 1.48 bits per heavy atom. The van der Waals surface area contributed by atoms with Crippen molar-refractivity contribution in [3.8, 4) is 11.1 Å². The predicted molar refractivity (Wildman–Crippen MR) is 229 cm³/mol. The Labute approximate surface area is 332 Å². The maximum atomic E-state index is 13.2. The van der Waals surface area contributed by atoms with E-state index in [4.69, 9.17) is 19.6 Å². The average molecular weight is 769 g/mol. The zero-order chi connectivity index (χ0) is 39.5. The number of carbonyl (C=O) groups is 1. The first-order valence-corrected chi connectivity index (χ1v) is 23.5. The number of amides is 1. The molecule has 1 aliphatic heterocycles. The van der Waals surface area contributed by atoms with Crippen LogP contribution in [0.1, 0.15) is 50.3 Å². The monoisotopic (exact) mass is 768 g/mol. The zero-order valence-corrected chi connectivity index (χ0v) is 35.0. The number of anilines is 1. The summed E-state index contributed by atoms with van der Waals surface area (Å²) >= 11 is 0. The Morgan fingerprint density at radius 3 is 2.05 bits per heavy atom. The molecule has 1 amide bonds. The van der Waals surface area contributed by atoms with Crippen molar-refractivity contribution in [2.45, 2.75) is 83.2 Å². The highest BCUT2D eigenvalue weighted by atomic mass is 28.3. The van der Waals surface area contributed by atoms with Crippen LogP contribution >= 0.6 is 0 Å². The lowest BCUT2D eigenvalue weighted by molar-refractivity contribution is 0.0210. The number of benzene rings is 3. The summed E-state index contributed by atoms with van der Waals surface area (Å²) in [6, 6.07) is 35.1. The molecule has 6 aromatic rings. The molecule has 1 atom stereocenters. The standard InChI is InChI=1S/C46H56N6O3Si/c1-45(2,3)55-44(53)49(4)39-24-17-27-50(32-39)41-25-26-47-43-42(41)40(33-51(43)34-54-28-29-56(5,6)7)35-30-48-52(31-35)46(36-18-11-8-12-19-36,37-20-13-9-14-21-37)38-22-15-10-16-23-38/h8-16,18-23,25-26,30-31,33,39H,17,24,27-29,32,34H2,1-7H3/t39-/m0/s1. The molecule has 0 spiro atoms. The summed E-state index contributed by atoms with van der Waals surface area (Å²) < 4.78 is 16.4. The number of fused-ring (bicyclic) bond motifs is 1. The minimum absolute atomic E-state index is 0.00299. The Bertz CT molecular complexity index is 2130. The van der Waals surface area contributed by atoms with Gasteiger partial charge in [0, 0.05) is 64.5 Å². The number of pyridine rings is 1. The van der Waals surface area contributed by atoms with Gasteiger partial charge in [0.1, 0.15) is 23.5 Å². The van der Waals surface area contributed by atoms with E-state index in [-0.39, 0.29) is 12.1 Å². The minimum atomic E-state index is -1.27. The van der Waals surface area contributed by atoms with Gasteiger partial charge in [-0.2, -0.15) is 5.10 Å². The highest BCUT2D eigenvalue weighted by Crippen LogP contribution is 2.43. The fourth-order valence-electron chi connectivity index (χ4n) is 7.87. The van der Waals surface area contributed by atoms with Gasteiger partial charge in [0.2, 0.25) is 0 Å². The van der Waals surface area contributed by atoms with E-state index >= 15 is 0 Å². The van der Waals surface area contributed by atoms with Crippen molar-refractivity contribution >= 4 is 30.9 Å². The molecule has 3 aromatic heterocycles. The lowest BCUT2D eigenvalue weighted by Crippen LogP contribution is -2.49. The molecule has 0 bridgehead atoms. The molecular formula is C46H56N6O3Si. The lowest BCUT2D eigenvalue weighted by atomic mass is 9.77. The molecule has 0 saturated carbocycles. The summed E-state index contributed by atoms with van der Waals surface area (Å²) in [6.07, 6.45) is 9.81. The van der Waals surface area contributed by atoms with Crippen molar-refractivity contribution in [1.82, 2.24) is 24.2 Å². The third-order valence-electron chi connectivity index (χ3n) is 10.7. The molecule has 1 saturated heterocycles. The van der Waals surface area contributed by atoms with Crippen LogP contribution in [-0.4, -0.2) is 76.8 Å². The second-order valence-corrected chi connectivity index (χ2v) is 22.8. The molecule has 1 aliphatic rings.